The van der Waals surface area contributed by atoms with E-state index in [1.54, 1.807) is 0 Å². The molecule has 2 atom stereocenters. The summed E-state index contributed by atoms with van der Waals surface area (Å²) in [6, 6.07) is 1.32. The molecule has 0 aliphatic carbocycles. The minimum absolute atomic E-state index is 0.360. The fourth-order valence-electron chi connectivity index (χ4n) is 2.32. The van der Waals surface area contributed by atoms with E-state index in [1.807, 2.05) is 0 Å². The molecule has 96 valence electrons. The van der Waals surface area contributed by atoms with Crippen LogP contribution in [-0.2, 0) is 0 Å². The molecule has 0 radical (unpaired) electrons. The average Bonchev–Trinajstić information content (AvgIpc) is 2.40. The monoisotopic (exact) mass is 226 g/mol. The third kappa shape index (κ3) is 3.74. The summed E-state index contributed by atoms with van der Waals surface area (Å²) in [6.45, 7) is 17.7. The van der Waals surface area contributed by atoms with Crippen LogP contribution in [0, 0.1) is 11.3 Å². The smallest absolute Gasteiger partial charge is 0.0243 e. The van der Waals surface area contributed by atoms with Crippen LogP contribution in [0.3, 0.4) is 0 Å². The van der Waals surface area contributed by atoms with Gasteiger partial charge in [0.1, 0.15) is 0 Å². The summed E-state index contributed by atoms with van der Waals surface area (Å²) < 4.78 is 0. The van der Waals surface area contributed by atoms with Gasteiger partial charge in [0.25, 0.3) is 0 Å². The molecule has 0 aromatic heterocycles. The summed E-state index contributed by atoms with van der Waals surface area (Å²) in [5, 5.41) is 3.70. The van der Waals surface area contributed by atoms with Crippen LogP contribution < -0.4 is 5.32 Å². The molecule has 1 fully saturated rings. The maximum Gasteiger partial charge on any atom is 0.0243 e. The van der Waals surface area contributed by atoms with E-state index in [-0.39, 0.29) is 0 Å². The topological polar surface area (TPSA) is 15.3 Å². The molecular weight excluding hydrogens is 196 g/mol. The third-order valence-electron chi connectivity index (χ3n) is 4.02. The Hall–Kier alpha value is -0.0800. The van der Waals surface area contributed by atoms with Gasteiger partial charge in [-0.25, -0.2) is 0 Å². The Morgan fingerprint density at radius 3 is 2.31 bits per heavy atom. The van der Waals surface area contributed by atoms with Gasteiger partial charge in [-0.1, -0.05) is 34.6 Å². The maximum absolute atomic E-state index is 3.70. The quantitative estimate of drug-likeness (QED) is 0.779. The zero-order chi connectivity index (χ0) is 12.3. The number of nitrogens with zero attached hydrogens (tertiary/aromatic N) is 1. The lowest BCUT2D eigenvalue weighted by molar-refractivity contribution is 0.135. The molecule has 1 rings (SSSR count). The summed E-state index contributed by atoms with van der Waals surface area (Å²) in [5.74, 6) is 0.749. The van der Waals surface area contributed by atoms with Crippen molar-refractivity contribution >= 4 is 0 Å². The van der Waals surface area contributed by atoms with Crippen molar-refractivity contribution in [1.29, 1.82) is 0 Å². The van der Waals surface area contributed by atoms with Crippen molar-refractivity contribution in [1.82, 2.24) is 10.2 Å². The van der Waals surface area contributed by atoms with Crippen molar-refractivity contribution in [2.24, 2.45) is 11.3 Å². The van der Waals surface area contributed by atoms with Gasteiger partial charge >= 0.3 is 0 Å². The summed E-state index contributed by atoms with van der Waals surface area (Å²) >= 11 is 0. The maximum atomic E-state index is 3.70. The van der Waals surface area contributed by atoms with Crippen LogP contribution in [0.15, 0.2) is 0 Å². The Balaban J connectivity index is 2.66. The predicted octanol–water partition coefficient (Wildman–Crippen LogP) is 2.74. The predicted molar refractivity (Wildman–Crippen MR) is 71.7 cm³/mol. The first-order valence-corrected chi connectivity index (χ1v) is 6.80. The molecule has 0 aromatic rings. The van der Waals surface area contributed by atoms with Crippen LogP contribution >= 0.6 is 0 Å². The van der Waals surface area contributed by atoms with Gasteiger partial charge in [0, 0.05) is 18.6 Å². The lowest BCUT2D eigenvalue weighted by Gasteiger charge is -2.37. The highest BCUT2D eigenvalue weighted by molar-refractivity contribution is 4.87. The molecule has 0 aromatic carbocycles. The van der Waals surface area contributed by atoms with Crippen molar-refractivity contribution in [3.05, 3.63) is 0 Å². The van der Waals surface area contributed by atoms with Crippen LogP contribution in [0.1, 0.15) is 48.0 Å². The number of rotatable bonds is 2. The first-order valence-electron chi connectivity index (χ1n) is 6.80. The van der Waals surface area contributed by atoms with Crippen molar-refractivity contribution in [2.75, 3.05) is 19.6 Å². The Bertz CT molecular complexity index is 205. The van der Waals surface area contributed by atoms with Crippen molar-refractivity contribution in [2.45, 2.75) is 60.0 Å². The fourth-order valence-corrected chi connectivity index (χ4v) is 2.32. The van der Waals surface area contributed by atoms with E-state index in [0.29, 0.717) is 17.5 Å². The second-order valence-electron chi connectivity index (χ2n) is 6.71. The van der Waals surface area contributed by atoms with E-state index in [9.17, 15) is 0 Å². The van der Waals surface area contributed by atoms with Gasteiger partial charge in [0.2, 0.25) is 0 Å². The molecular formula is C14H30N2. The molecule has 0 spiro atoms. The van der Waals surface area contributed by atoms with Crippen LogP contribution in [-0.4, -0.2) is 36.6 Å². The fraction of sp³-hybridized carbons (Fsp3) is 1.00. The largest absolute Gasteiger partial charge is 0.312 e. The van der Waals surface area contributed by atoms with Crippen molar-refractivity contribution in [3.8, 4) is 0 Å². The van der Waals surface area contributed by atoms with Gasteiger partial charge in [-0.05, 0) is 37.8 Å². The van der Waals surface area contributed by atoms with E-state index in [0.717, 1.165) is 5.92 Å². The van der Waals surface area contributed by atoms with Gasteiger partial charge in [-0.15, -0.1) is 0 Å². The molecule has 0 amide bonds. The second-order valence-corrected chi connectivity index (χ2v) is 6.71. The number of hydrogen-bond acceptors (Lipinski definition) is 2. The molecule has 1 heterocycles. The van der Waals surface area contributed by atoms with Crippen LogP contribution in [0.4, 0.5) is 0 Å². The summed E-state index contributed by atoms with van der Waals surface area (Å²) in [4.78, 5) is 2.67. The van der Waals surface area contributed by atoms with Crippen LogP contribution in [0.5, 0.6) is 0 Å². The molecule has 0 bridgehead atoms. The first-order chi connectivity index (χ1) is 7.32. The van der Waals surface area contributed by atoms with Gasteiger partial charge in [-0.3, -0.25) is 4.90 Å². The minimum atomic E-state index is 0.360. The Kier molecular flexibility index (Phi) is 4.81. The van der Waals surface area contributed by atoms with Gasteiger partial charge in [0.15, 0.2) is 0 Å². The van der Waals surface area contributed by atoms with E-state index in [1.165, 1.54) is 26.1 Å². The third-order valence-corrected chi connectivity index (χ3v) is 4.02. The van der Waals surface area contributed by atoms with Crippen LogP contribution in [0.2, 0.25) is 0 Å². The Labute approximate surface area is 102 Å². The Morgan fingerprint density at radius 2 is 1.81 bits per heavy atom. The summed E-state index contributed by atoms with van der Waals surface area (Å²) in [5.41, 5.74) is 0.360. The minimum Gasteiger partial charge on any atom is -0.312 e. The van der Waals surface area contributed by atoms with Gasteiger partial charge < -0.3 is 5.32 Å². The SMILES string of the molecule is CC(C)C(C)N1CCCNC(C(C)(C)C)C1. The molecule has 1 aliphatic heterocycles. The molecule has 16 heavy (non-hydrogen) atoms. The lowest BCUT2D eigenvalue weighted by atomic mass is 9.86. The molecule has 0 saturated carbocycles. The standard InChI is InChI=1S/C14H30N2/c1-11(2)12(3)16-9-7-8-15-13(10-16)14(4,5)6/h11-13,15H,7-10H2,1-6H3. The summed E-state index contributed by atoms with van der Waals surface area (Å²) in [6.07, 6.45) is 1.28. The summed E-state index contributed by atoms with van der Waals surface area (Å²) in [7, 11) is 0. The molecule has 2 nitrogen and oxygen atoms in total. The van der Waals surface area contributed by atoms with E-state index >= 15 is 0 Å². The second kappa shape index (κ2) is 5.50. The highest BCUT2D eigenvalue weighted by Gasteiger charge is 2.30. The van der Waals surface area contributed by atoms with Gasteiger partial charge in [0.05, 0.1) is 0 Å². The number of nitrogens with one attached hydrogen (secondary N) is 1. The Morgan fingerprint density at radius 1 is 1.19 bits per heavy atom. The molecule has 1 saturated heterocycles. The van der Waals surface area contributed by atoms with E-state index < -0.39 is 0 Å². The van der Waals surface area contributed by atoms with E-state index in [2.05, 4.69) is 51.8 Å². The highest BCUT2D eigenvalue weighted by atomic mass is 15.2. The number of hydrogen-bond donors (Lipinski definition) is 1. The van der Waals surface area contributed by atoms with Gasteiger partial charge in [-0.2, -0.15) is 0 Å². The van der Waals surface area contributed by atoms with E-state index in [4.69, 9.17) is 0 Å². The van der Waals surface area contributed by atoms with Crippen LogP contribution in [0.25, 0.3) is 0 Å². The van der Waals surface area contributed by atoms with Crippen molar-refractivity contribution in [3.63, 3.8) is 0 Å². The zero-order valence-corrected chi connectivity index (χ0v) is 12.0. The molecule has 1 aliphatic rings. The average molecular weight is 226 g/mol. The lowest BCUT2D eigenvalue weighted by Crippen LogP contribution is -2.49. The first kappa shape index (κ1) is 14.0. The molecule has 2 heteroatoms. The highest BCUT2D eigenvalue weighted by Crippen LogP contribution is 2.23. The molecule has 2 unspecified atom stereocenters. The van der Waals surface area contributed by atoms with Crippen molar-refractivity contribution < 1.29 is 0 Å². The normalized spacial score (nSPS) is 26.8. The molecule has 1 N–H and O–H groups in total. The zero-order valence-electron chi connectivity index (χ0n) is 12.0.